The van der Waals surface area contributed by atoms with Crippen molar-refractivity contribution in [3.63, 3.8) is 0 Å². The number of likely N-dealkylation sites (tertiary alicyclic amines) is 1. The summed E-state index contributed by atoms with van der Waals surface area (Å²) in [7, 11) is 0. The minimum absolute atomic E-state index is 0.0228. The standard InChI is InChI=1S/C20H23N3O3/c1-13-3-4-18(24)17(7-13)20(26)22-9-15-11-23(12-15)19(25)8-16-10-21-6-5-14(16)2/h3-7,10,15,24H,8-9,11-12H2,1-2H3,(H,22,26). The maximum Gasteiger partial charge on any atom is 0.255 e. The number of aromatic hydroxyl groups is 1. The van der Waals surface area contributed by atoms with Crippen LogP contribution < -0.4 is 5.32 Å². The summed E-state index contributed by atoms with van der Waals surface area (Å²) in [6.45, 7) is 5.60. The first-order chi connectivity index (χ1) is 12.4. The maximum absolute atomic E-state index is 12.3. The maximum atomic E-state index is 12.3. The number of hydrogen-bond donors (Lipinski definition) is 2. The lowest BCUT2D eigenvalue weighted by Gasteiger charge is -2.39. The highest BCUT2D eigenvalue weighted by Gasteiger charge is 2.31. The van der Waals surface area contributed by atoms with Crippen molar-refractivity contribution in [1.29, 1.82) is 0 Å². The molecule has 2 amide bonds. The second-order valence-electron chi connectivity index (χ2n) is 6.87. The van der Waals surface area contributed by atoms with Gasteiger partial charge in [-0.2, -0.15) is 0 Å². The van der Waals surface area contributed by atoms with Crippen molar-refractivity contribution in [2.45, 2.75) is 20.3 Å². The third kappa shape index (κ3) is 4.02. The number of benzene rings is 1. The SMILES string of the molecule is Cc1ccc(O)c(C(=O)NCC2CN(C(=O)Cc3cnccc3C)C2)c1. The van der Waals surface area contributed by atoms with Gasteiger partial charge in [0.2, 0.25) is 5.91 Å². The highest BCUT2D eigenvalue weighted by molar-refractivity contribution is 5.97. The van der Waals surface area contributed by atoms with E-state index in [0.29, 0.717) is 26.1 Å². The van der Waals surface area contributed by atoms with Crippen molar-refractivity contribution in [3.8, 4) is 5.75 Å². The molecule has 26 heavy (non-hydrogen) atoms. The van der Waals surface area contributed by atoms with Crippen molar-refractivity contribution in [3.05, 3.63) is 58.9 Å². The number of phenolic OH excluding ortho intramolecular Hbond substituents is 1. The molecule has 0 bridgehead atoms. The fourth-order valence-corrected chi connectivity index (χ4v) is 3.02. The lowest BCUT2D eigenvalue weighted by atomic mass is 9.98. The summed E-state index contributed by atoms with van der Waals surface area (Å²) in [6, 6.07) is 6.84. The molecule has 3 rings (SSSR count). The van der Waals surface area contributed by atoms with Gasteiger partial charge >= 0.3 is 0 Å². The summed E-state index contributed by atoms with van der Waals surface area (Å²) in [6.07, 6.45) is 3.81. The number of nitrogens with zero attached hydrogens (tertiary/aromatic N) is 2. The van der Waals surface area contributed by atoms with Crippen molar-refractivity contribution in [1.82, 2.24) is 15.2 Å². The molecular formula is C20H23N3O3. The Morgan fingerprint density at radius 2 is 2.04 bits per heavy atom. The Hall–Kier alpha value is -2.89. The number of pyridine rings is 1. The van der Waals surface area contributed by atoms with Crippen molar-refractivity contribution >= 4 is 11.8 Å². The summed E-state index contributed by atoms with van der Waals surface area (Å²) in [5.74, 6) is 0.0113. The zero-order chi connectivity index (χ0) is 18.7. The number of carbonyl (C=O) groups is 2. The predicted octanol–water partition coefficient (Wildman–Crippen LogP) is 1.83. The molecule has 2 aromatic rings. The van der Waals surface area contributed by atoms with Gasteiger partial charge in [-0.25, -0.2) is 0 Å². The second kappa shape index (κ2) is 7.56. The molecule has 1 aliphatic rings. The summed E-state index contributed by atoms with van der Waals surface area (Å²) in [5, 5.41) is 12.6. The van der Waals surface area contributed by atoms with Gasteiger partial charge in [-0.05, 0) is 43.2 Å². The summed E-state index contributed by atoms with van der Waals surface area (Å²) in [5.41, 5.74) is 3.21. The lowest BCUT2D eigenvalue weighted by Crippen LogP contribution is -2.54. The molecule has 0 radical (unpaired) electrons. The monoisotopic (exact) mass is 353 g/mol. The fraction of sp³-hybridized carbons (Fsp3) is 0.350. The van der Waals surface area contributed by atoms with Crippen LogP contribution in [0.1, 0.15) is 27.0 Å². The average Bonchev–Trinajstić information content (AvgIpc) is 2.57. The van der Waals surface area contributed by atoms with E-state index in [1.54, 1.807) is 29.4 Å². The zero-order valence-corrected chi connectivity index (χ0v) is 15.0. The molecule has 1 fully saturated rings. The number of carbonyl (C=O) groups excluding carboxylic acids is 2. The van der Waals surface area contributed by atoms with Gasteiger partial charge in [-0.15, -0.1) is 0 Å². The largest absolute Gasteiger partial charge is 0.507 e. The molecule has 1 saturated heterocycles. The number of hydrogen-bond acceptors (Lipinski definition) is 4. The highest BCUT2D eigenvalue weighted by atomic mass is 16.3. The van der Waals surface area contributed by atoms with E-state index in [9.17, 15) is 14.7 Å². The number of aromatic nitrogens is 1. The zero-order valence-electron chi connectivity index (χ0n) is 15.0. The molecular weight excluding hydrogens is 330 g/mol. The molecule has 136 valence electrons. The molecule has 6 nitrogen and oxygen atoms in total. The molecule has 0 saturated carbocycles. The Balaban J connectivity index is 1.45. The van der Waals surface area contributed by atoms with Crippen LogP contribution in [0.2, 0.25) is 0 Å². The van der Waals surface area contributed by atoms with Gasteiger partial charge in [-0.3, -0.25) is 14.6 Å². The van der Waals surface area contributed by atoms with Crippen molar-refractivity contribution in [2.24, 2.45) is 5.92 Å². The van der Waals surface area contributed by atoms with Crippen LogP contribution in [0, 0.1) is 19.8 Å². The molecule has 0 aliphatic carbocycles. The van der Waals surface area contributed by atoms with Crippen LogP contribution in [0.3, 0.4) is 0 Å². The summed E-state index contributed by atoms with van der Waals surface area (Å²) in [4.78, 5) is 30.4. The minimum Gasteiger partial charge on any atom is -0.507 e. The first kappa shape index (κ1) is 17.9. The van der Waals surface area contributed by atoms with Crippen molar-refractivity contribution in [2.75, 3.05) is 19.6 Å². The highest BCUT2D eigenvalue weighted by Crippen LogP contribution is 2.20. The van der Waals surface area contributed by atoms with E-state index in [4.69, 9.17) is 0 Å². The van der Waals surface area contributed by atoms with E-state index in [1.165, 1.54) is 6.07 Å². The molecule has 1 aliphatic heterocycles. The number of amides is 2. The molecule has 1 aromatic heterocycles. The first-order valence-electron chi connectivity index (χ1n) is 8.69. The van der Waals surface area contributed by atoms with E-state index in [1.807, 2.05) is 19.9 Å². The second-order valence-corrected chi connectivity index (χ2v) is 6.87. The van der Waals surface area contributed by atoms with E-state index in [0.717, 1.165) is 16.7 Å². The normalized spacial score (nSPS) is 14.0. The Morgan fingerprint density at radius 1 is 1.27 bits per heavy atom. The van der Waals surface area contributed by atoms with Gasteiger partial charge in [0.1, 0.15) is 5.75 Å². The van der Waals surface area contributed by atoms with Crippen LogP contribution in [0.25, 0.3) is 0 Å². The molecule has 1 aromatic carbocycles. The van der Waals surface area contributed by atoms with Crippen LogP contribution in [0.5, 0.6) is 5.75 Å². The first-order valence-corrected chi connectivity index (χ1v) is 8.69. The Bertz CT molecular complexity index is 829. The molecule has 2 heterocycles. The lowest BCUT2D eigenvalue weighted by molar-refractivity contribution is -0.136. The van der Waals surface area contributed by atoms with Crippen LogP contribution in [-0.4, -0.2) is 46.4 Å². The van der Waals surface area contributed by atoms with Crippen LogP contribution in [0.15, 0.2) is 36.7 Å². The summed E-state index contributed by atoms with van der Waals surface area (Å²) >= 11 is 0. The van der Waals surface area contributed by atoms with E-state index in [2.05, 4.69) is 10.3 Å². The van der Waals surface area contributed by atoms with Gasteiger partial charge in [0, 0.05) is 37.9 Å². The van der Waals surface area contributed by atoms with E-state index < -0.39 is 0 Å². The van der Waals surface area contributed by atoms with Gasteiger partial charge in [0.25, 0.3) is 5.91 Å². The molecule has 0 unspecified atom stereocenters. The minimum atomic E-state index is -0.290. The van der Waals surface area contributed by atoms with Gasteiger partial charge in [-0.1, -0.05) is 11.6 Å². The van der Waals surface area contributed by atoms with Gasteiger partial charge in [0.05, 0.1) is 12.0 Å². The van der Waals surface area contributed by atoms with Gasteiger partial charge in [0.15, 0.2) is 0 Å². The average molecular weight is 353 g/mol. The number of rotatable bonds is 5. The Kier molecular flexibility index (Phi) is 5.21. The summed E-state index contributed by atoms with van der Waals surface area (Å²) < 4.78 is 0. The predicted molar refractivity (Wildman–Crippen MR) is 97.9 cm³/mol. The van der Waals surface area contributed by atoms with Gasteiger partial charge < -0.3 is 15.3 Å². The van der Waals surface area contributed by atoms with E-state index in [-0.39, 0.29) is 29.0 Å². The third-order valence-electron chi connectivity index (χ3n) is 4.75. The molecule has 0 atom stereocenters. The smallest absolute Gasteiger partial charge is 0.255 e. The Morgan fingerprint density at radius 3 is 2.77 bits per heavy atom. The van der Waals surface area contributed by atoms with Crippen molar-refractivity contribution < 1.29 is 14.7 Å². The number of aryl methyl sites for hydroxylation is 2. The third-order valence-corrected chi connectivity index (χ3v) is 4.75. The Labute approximate surface area is 152 Å². The van der Waals surface area contributed by atoms with E-state index >= 15 is 0 Å². The fourth-order valence-electron chi connectivity index (χ4n) is 3.02. The molecule has 2 N–H and O–H groups in total. The van der Waals surface area contributed by atoms with Crippen LogP contribution in [0.4, 0.5) is 0 Å². The molecule has 0 spiro atoms. The molecule has 6 heteroatoms. The number of phenols is 1. The van der Waals surface area contributed by atoms with Crippen LogP contribution >= 0.6 is 0 Å². The topological polar surface area (TPSA) is 82.5 Å². The quantitative estimate of drug-likeness (QED) is 0.859. The van der Waals surface area contributed by atoms with Crippen LogP contribution in [-0.2, 0) is 11.2 Å². The number of nitrogens with one attached hydrogen (secondary N) is 1.